The molecule has 39 heavy (non-hydrogen) atoms. The van der Waals surface area contributed by atoms with E-state index in [1.165, 1.54) is 29.2 Å². The van der Waals surface area contributed by atoms with Crippen LogP contribution in [0.15, 0.2) is 83.8 Å². The number of carbonyl (C=O) groups is 2. The molecule has 0 aliphatic carbocycles. The Balaban J connectivity index is 1.97. The second-order valence-electron chi connectivity index (χ2n) is 9.62. The third kappa shape index (κ3) is 8.07. The van der Waals surface area contributed by atoms with Gasteiger partial charge in [-0.25, -0.2) is 8.42 Å². The van der Waals surface area contributed by atoms with Crippen LogP contribution in [0.2, 0.25) is 5.02 Å². The van der Waals surface area contributed by atoms with Gasteiger partial charge in [-0.15, -0.1) is 0 Å². The first kappa shape index (κ1) is 30.2. The molecule has 0 saturated carbocycles. The number of carbonyl (C=O) groups excluding carboxylic acids is 2. The number of sulfonamides is 1. The van der Waals surface area contributed by atoms with Crippen LogP contribution in [0.3, 0.4) is 0 Å². The maximum Gasteiger partial charge on any atom is 0.264 e. The summed E-state index contributed by atoms with van der Waals surface area (Å²) in [6.07, 6.45) is 1.26. The number of hydrogen-bond donors (Lipinski definition) is 1. The summed E-state index contributed by atoms with van der Waals surface area (Å²) in [5, 5.41) is 3.34. The summed E-state index contributed by atoms with van der Waals surface area (Å²) < 4.78 is 28.7. The van der Waals surface area contributed by atoms with Gasteiger partial charge in [0.2, 0.25) is 11.8 Å². The fraction of sp³-hybridized carbons (Fsp3) is 0.333. The summed E-state index contributed by atoms with van der Waals surface area (Å²) >= 11 is 5.99. The molecule has 3 aromatic carbocycles. The maximum atomic E-state index is 13.9. The first-order valence-electron chi connectivity index (χ1n) is 13.0. The van der Waals surface area contributed by atoms with Gasteiger partial charge >= 0.3 is 0 Å². The molecule has 7 nitrogen and oxygen atoms in total. The molecule has 0 aliphatic rings. The first-order chi connectivity index (χ1) is 18.5. The van der Waals surface area contributed by atoms with Gasteiger partial charge < -0.3 is 10.2 Å². The van der Waals surface area contributed by atoms with Crippen molar-refractivity contribution in [2.45, 2.75) is 57.5 Å². The van der Waals surface area contributed by atoms with Crippen molar-refractivity contribution in [2.24, 2.45) is 0 Å². The van der Waals surface area contributed by atoms with Crippen LogP contribution in [0.1, 0.15) is 38.3 Å². The zero-order valence-electron chi connectivity index (χ0n) is 22.8. The Morgan fingerprint density at radius 2 is 1.62 bits per heavy atom. The Bertz CT molecular complexity index is 1360. The van der Waals surface area contributed by atoms with Crippen LogP contribution >= 0.6 is 11.6 Å². The summed E-state index contributed by atoms with van der Waals surface area (Å²) in [6, 6.07) is 21.6. The SMILES string of the molecule is CC[C@@H](C)NC(=O)[C@@H](C)N(CCc1ccccc1)C(=O)CN(c1cccc(C)c1)S(=O)(=O)c1ccc(Cl)cc1. The molecule has 0 bridgehead atoms. The summed E-state index contributed by atoms with van der Waals surface area (Å²) in [6.45, 7) is 7.18. The molecule has 208 valence electrons. The summed E-state index contributed by atoms with van der Waals surface area (Å²) in [5.41, 5.74) is 2.21. The van der Waals surface area contributed by atoms with Crippen LogP contribution < -0.4 is 9.62 Å². The van der Waals surface area contributed by atoms with E-state index in [2.05, 4.69) is 5.32 Å². The minimum absolute atomic E-state index is 0.0135. The molecule has 9 heteroatoms. The van der Waals surface area contributed by atoms with Gasteiger partial charge in [-0.2, -0.15) is 0 Å². The molecule has 0 unspecified atom stereocenters. The molecule has 0 heterocycles. The van der Waals surface area contributed by atoms with Gasteiger partial charge in [0, 0.05) is 17.6 Å². The minimum Gasteiger partial charge on any atom is -0.352 e. The molecule has 2 amide bonds. The average Bonchev–Trinajstić information content (AvgIpc) is 2.92. The number of amides is 2. The highest BCUT2D eigenvalue weighted by Gasteiger charge is 2.32. The van der Waals surface area contributed by atoms with Crippen LogP contribution in [0.4, 0.5) is 5.69 Å². The summed E-state index contributed by atoms with van der Waals surface area (Å²) in [5.74, 6) is -0.759. The molecular weight excluding hydrogens is 534 g/mol. The molecule has 0 radical (unpaired) electrons. The second-order valence-corrected chi connectivity index (χ2v) is 11.9. The van der Waals surface area contributed by atoms with Crippen LogP contribution in [0.25, 0.3) is 0 Å². The van der Waals surface area contributed by atoms with Gasteiger partial charge in [0.05, 0.1) is 10.6 Å². The zero-order valence-corrected chi connectivity index (χ0v) is 24.4. The second kappa shape index (κ2) is 13.6. The van der Waals surface area contributed by atoms with Gasteiger partial charge in [0.25, 0.3) is 10.0 Å². The Hall–Kier alpha value is -3.36. The van der Waals surface area contributed by atoms with E-state index in [1.54, 1.807) is 25.1 Å². The van der Waals surface area contributed by atoms with Gasteiger partial charge in [-0.3, -0.25) is 13.9 Å². The number of rotatable bonds is 12. The van der Waals surface area contributed by atoms with E-state index in [0.29, 0.717) is 17.1 Å². The standard InChI is InChI=1S/C30H36ClN3O4S/c1-5-23(3)32-30(36)24(4)33(19-18-25-11-7-6-8-12-25)29(35)21-34(27-13-9-10-22(2)20-27)39(37,38)28-16-14-26(31)15-17-28/h6-17,20,23-24H,5,18-19,21H2,1-4H3,(H,32,36)/t23-,24-/m1/s1. The van der Waals surface area contributed by atoms with Crippen molar-refractivity contribution in [1.29, 1.82) is 0 Å². The van der Waals surface area contributed by atoms with Crippen molar-refractivity contribution in [1.82, 2.24) is 10.2 Å². The lowest BCUT2D eigenvalue weighted by atomic mass is 10.1. The van der Waals surface area contributed by atoms with Crippen molar-refractivity contribution in [3.8, 4) is 0 Å². The number of aryl methyl sites for hydroxylation is 1. The van der Waals surface area contributed by atoms with Crippen molar-refractivity contribution in [3.63, 3.8) is 0 Å². The molecule has 0 aromatic heterocycles. The highest BCUT2D eigenvalue weighted by atomic mass is 35.5. The number of halogens is 1. The highest BCUT2D eigenvalue weighted by molar-refractivity contribution is 7.92. The third-order valence-electron chi connectivity index (χ3n) is 6.62. The average molecular weight is 570 g/mol. The van der Waals surface area contributed by atoms with Crippen molar-refractivity contribution < 1.29 is 18.0 Å². The topological polar surface area (TPSA) is 86.8 Å². The van der Waals surface area contributed by atoms with Crippen LogP contribution in [0.5, 0.6) is 0 Å². The van der Waals surface area contributed by atoms with E-state index in [9.17, 15) is 18.0 Å². The Kier molecular flexibility index (Phi) is 10.5. The van der Waals surface area contributed by atoms with E-state index in [-0.39, 0.29) is 23.4 Å². The fourth-order valence-electron chi connectivity index (χ4n) is 4.08. The monoisotopic (exact) mass is 569 g/mol. The van der Waals surface area contributed by atoms with E-state index >= 15 is 0 Å². The Morgan fingerprint density at radius 3 is 2.23 bits per heavy atom. The molecule has 0 aliphatic heterocycles. The summed E-state index contributed by atoms with van der Waals surface area (Å²) in [4.78, 5) is 28.4. The molecule has 0 saturated heterocycles. The van der Waals surface area contributed by atoms with Crippen molar-refractivity contribution >= 4 is 39.1 Å². The highest BCUT2D eigenvalue weighted by Crippen LogP contribution is 2.26. The number of benzene rings is 3. The molecular formula is C30H36ClN3O4S. The van der Waals surface area contributed by atoms with Gasteiger partial charge in [-0.05, 0) is 81.1 Å². The van der Waals surface area contributed by atoms with Crippen LogP contribution in [0, 0.1) is 6.92 Å². The van der Waals surface area contributed by atoms with E-state index < -0.39 is 28.5 Å². The minimum atomic E-state index is -4.13. The predicted octanol–water partition coefficient (Wildman–Crippen LogP) is 5.22. The Morgan fingerprint density at radius 1 is 0.949 bits per heavy atom. The number of hydrogen-bond acceptors (Lipinski definition) is 4. The van der Waals surface area contributed by atoms with Gasteiger partial charge in [0.15, 0.2) is 0 Å². The van der Waals surface area contributed by atoms with Crippen LogP contribution in [-0.4, -0.2) is 50.3 Å². The lowest BCUT2D eigenvalue weighted by molar-refractivity contribution is -0.139. The zero-order chi connectivity index (χ0) is 28.6. The summed E-state index contributed by atoms with van der Waals surface area (Å²) in [7, 11) is -4.13. The fourth-order valence-corrected chi connectivity index (χ4v) is 5.61. The van der Waals surface area contributed by atoms with Crippen LogP contribution in [-0.2, 0) is 26.0 Å². The lowest BCUT2D eigenvalue weighted by Gasteiger charge is -2.32. The molecule has 3 aromatic rings. The smallest absolute Gasteiger partial charge is 0.264 e. The molecule has 1 N–H and O–H groups in total. The lowest BCUT2D eigenvalue weighted by Crippen LogP contribution is -2.53. The normalized spacial score (nSPS) is 12.8. The van der Waals surface area contributed by atoms with E-state index in [1.807, 2.05) is 57.2 Å². The first-order valence-corrected chi connectivity index (χ1v) is 14.8. The van der Waals surface area contributed by atoms with Crippen molar-refractivity contribution in [2.75, 3.05) is 17.4 Å². The molecule has 0 spiro atoms. The number of nitrogens with zero attached hydrogens (tertiary/aromatic N) is 2. The van der Waals surface area contributed by atoms with E-state index in [0.717, 1.165) is 21.9 Å². The van der Waals surface area contributed by atoms with Gasteiger partial charge in [0.1, 0.15) is 12.6 Å². The predicted molar refractivity (Wildman–Crippen MR) is 156 cm³/mol. The maximum absolute atomic E-state index is 13.9. The van der Waals surface area contributed by atoms with E-state index in [4.69, 9.17) is 11.6 Å². The molecule has 3 rings (SSSR count). The van der Waals surface area contributed by atoms with Crippen molar-refractivity contribution in [3.05, 3.63) is 95.0 Å². The third-order valence-corrected chi connectivity index (χ3v) is 8.66. The number of nitrogens with one attached hydrogen (secondary N) is 1. The van der Waals surface area contributed by atoms with Gasteiger partial charge in [-0.1, -0.05) is 61.0 Å². The quantitative estimate of drug-likeness (QED) is 0.324. The molecule has 0 fully saturated rings. The Labute approximate surface area is 236 Å². The number of anilines is 1. The molecule has 2 atom stereocenters. The largest absolute Gasteiger partial charge is 0.352 e.